The zero-order chi connectivity index (χ0) is 16.8. The fraction of sp³-hybridized carbons (Fsp3) is 0.188. The van der Waals surface area contributed by atoms with Gasteiger partial charge in [-0.05, 0) is 24.1 Å². The van der Waals surface area contributed by atoms with Crippen LogP contribution in [0.5, 0.6) is 0 Å². The van der Waals surface area contributed by atoms with Crippen LogP contribution in [0.1, 0.15) is 18.4 Å². The molecule has 0 saturated carbocycles. The van der Waals surface area contributed by atoms with Crippen molar-refractivity contribution in [3.8, 4) is 0 Å². The number of thiocarbonyl (C=S) groups is 1. The van der Waals surface area contributed by atoms with Crippen molar-refractivity contribution < 1.29 is 14.7 Å². The third-order valence-electron chi connectivity index (χ3n) is 3.02. The summed E-state index contributed by atoms with van der Waals surface area (Å²) in [5, 5.41) is 9.09. The molecule has 1 aromatic rings. The van der Waals surface area contributed by atoms with Crippen molar-refractivity contribution in [1.82, 2.24) is 4.90 Å². The van der Waals surface area contributed by atoms with Gasteiger partial charge in [0.1, 0.15) is 4.32 Å². The van der Waals surface area contributed by atoms with Crippen molar-refractivity contribution in [3.63, 3.8) is 0 Å². The van der Waals surface area contributed by atoms with Crippen LogP contribution in [0.4, 0.5) is 0 Å². The number of carbonyl (C=O) groups excluding carboxylic acids is 1. The van der Waals surface area contributed by atoms with E-state index in [-0.39, 0.29) is 12.3 Å². The van der Waals surface area contributed by atoms with E-state index in [1.165, 1.54) is 16.7 Å². The average molecular weight is 368 g/mol. The minimum atomic E-state index is -0.889. The van der Waals surface area contributed by atoms with Crippen LogP contribution in [0.3, 0.4) is 0 Å². The van der Waals surface area contributed by atoms with Gasteiger partial charge >= 0.3 is 5.97 Å². The van der Waals surface area contributed by atoms with Crippen molar-refractivity contribution in [2.24, 2.45) is 0 Å². The molecule has 1 saturated heterocycles. The van der Waals surface area contributed by atoms with E-state index in [9.17, 15) is 9.59 Å². The summed E-state index contributed by atoms with van der Waals surface area (Å²) in [7, 11) is 0. The highest BCUT2D eigenvalue weighted by molar-refractivity contribution is 8.26. The molecule has 1 fully saturated rings. The minimum absolute atomic E-state index is 0.00474. The van der Waals surface area contributed by atoms with Crippen molar-refractivity contribution in [2.75, 3.05) is 6.54 Å². The number of amides is 1. The van der Waals surface area contributed by atoms with Gasteiger partial charge in [0.15, 0.2) is 0 Å². The van der Waals surface area contributed by atoms with Crippen LogP contribution >= 0.6 is 35.6 Å². The molecule has 1 aliphatic heterocycles. The van der Waals surface area contributed by atoms with Crippen molar-refractivity contribution in [3.05, 3.63) is 51.9 Å². The second-order valence-corrected chi connectivity index (χ2v) is 6.88. The lowest BCUT2D eigenvalue weighted by Crippen LogP contribution is -2.29. The van der Waals surface area contributed by atoms with E-state index in [0.29, 0.717) is 27.2 Å². The Hall–Kier alpha value is -1.63. The topological polar surface area (TPSA) is 57.6 Å². The van der Waals surface area contributed by atoms with E-state index in [2.05, 4.69) is 0 Å². The lowest BCUT2D eigenvalue weighted by molar-refractivity contribution is -0.137. The quantitative estimate of drug-likeness (QED) is 0.611. The number of carboxylic acid groups (broad SMARTS) is 1. The number of benzene rings is 1. The molecular formula is C16H14ClNO3S2. The van der Waals surface area contributed by atoms with Gasteiger partial charge in [0.25, 0.3) is 5.91 Å². The second kappa shape index (κ2) is 8.29. The molecule has 1 N–H and O–H groups in total. The average Bonchev–Trinajstić information content (AvgIpc) is 2.75. The number of aliphatic carboxylic acids is 1. The van der Waals surface area contributed by atoms with E-state index < -0.39 is 5.97 Å². The van der Waals surface area contributed by atoms with Crippen LogP contribution < -0.4 is 0 Å². The lowest BCUT2D eigenvalue weighted by atomic mass is 10.2. The Labute approximate surface area is 148 Å². The summed E-state index contributed by atoms with van der Waals surface area (Å²) in [6, 6.07) is 9.53. The fourth-order valence-electron chi connectivity index (χ4n) is 1.96. The molecule has 0 radical (unpaired) electrons. The van der Waals surface area contributed by atoms with Crippen LogP contribution in [-0.2, 0) is 9.59 Å². The number of hydrogen-bond acceptors (Lipinski definition) is 4. The van der Waals surface area contributed by atoms with Gasteiger partial charge in [-0.15, -0.1) is 0 Å². The summed E-state index contributed by atoms with van der Waals surface area (Å²) in [6.07, 6.45) is 3.72. The van der Waals surface area contributed by atoms with E-state index in [4.69, 9.17) is 28.9 Å². The van der Waals surface area contributed by atoms with Gasteiger partial charge in [-0.1, -0.05) is 65.9 Å². The molecule has 23 heavy (non-hydrogen) atoms. The number of nitrogens with zero attached hydrogens (tertiary/aromatic N) is 1. The molecule has 1 amide bonds. The molecule has 1 heterocycles. The number of rotatable bonds is 6. The molecule has 1 aliphatic rings. The molecule has 0 spiro atoms. The zero-order valence-corrected chi connectivity index (χ0v) is 14.5. The summed E-state index contributed by atoms with van der Waals surface area (Å²) < 4.78 is 0.427. The molecule has 120 valence electrons. The van der Waals surface area contributed by atoms with Crippen molar-refractivity contribution in [2.45, 2.75) is 12.8 Å². The van der Waals surface area contributed by atoms with Crippen molar-refractivity contribution in [1.29, 1.82) is 0 Å². The summed E-state index contributed by atoms with van der Waals surface area (Å²) >= 11 is 12.5. The van der Waals surface area contributed by atoms with E-state index in [0.717, 1.165) is 5.56 Å². The second-order valence-electron chi connectivity index (χ2n) is 4.77. The predicted octanol–water partition coefficient (Wildman–Crippen LogP) is 3.88. The smallest absolute Gasteiger partial charge is 0.303 e. The number of allylic oxidation sites excluding steroid dienone is 2. The molecule has 0 aromatic heterocycles. The number of carbonyl (C=O) groups is 2. The number of carboxylic acids is 1. The van der Waals surface area contributed by atoms with Gasteiger partial charge in [-0.25, -0.2) is 0 Å². The first-order chi connectivity index (χ1) is 11.0. The highest BCUT2D eigenvalue weighted by Crippen LogP contribution is 2.32. The maximum atomic E-state index is 12.3. The van der Waals surface area contributed by atoms with Crippen molar-refractivity contribution >= 4 is 57.9 Å². The molecule has 0 bridgehead atoms. The van der Waals surface area contributed by atoms with E-state index >= 15 is 0 Å². The van der Waals surface area contributed by atoms with Crippen LogP contribution in [0.25, 0.3) is 6.08 Å². The molecular weight excluding hydrogens is 354 g/mol. The van der Waals surface area contributed by atoms with Crippen LogP contribution in [0, 0.1) is 0 Å². The SMILES string of the molecule is O=C(O)CCCN1C(=O)C(=CC(Cl)=Cc2ccccc2)SC1=S. The summed E-state index contributed by atoms with van der Waals surface area (Å²) in [5.41, 5.74) is 0.936. The molecule has 4 nitrogen and oxygen atoms in total. The number of thioether (sulfide) groups is 1. The Kier molecular flexibility index (Phi) is 6.38. The molecule has 2 rings (SSSR count). The first-order valence-electron chi connectivity index (χ1n) is 6.87. The normalized spacial score (nSPS) is 17.2. The Bertz CT molecular complexity index is 686. The zero-order valence-electron chi connectivity index (χ0n) is 12.1. The Morgan fingerprint density at radius 1 is 1.35 bits per heavy atom. The third kappa shape index (κ3) is 5.20. The lowest BCUT2D eigenvalue weighted by Gasteiger charge is -2.13. The summed E-state index contributed by atoms with van der Waals surface area (Å²) in [4.78, 5) is 24.7. The maximum Gasteiger partial charge on any atom is 0.303 e. The van der Waals surface area contributed by atoms with Crippen LogP contribution in [0.15, 0.2) is 46.3 Å². The van der Waals surface area contributed by atoms with E-state index in [1.54, 1.807) is 12.2 Å². The van der Waals surface area contributed by atoms with Crippen LogP contribution in [-0.4, -0.2) is 32.7 Å². The Balaban J connectivity index is 2.06. The van der Waals surface area contributed by atoms with Gasteiger partial charge in [0.05, 0.1) is 4.91 Å². The molecule has 0 unspecified atom stereocenters. The van der Waals surface area contributed by atoms with Gasteiger partial charge in [-0.2, -0.15) is 0 Å². The van der Waals surface area contributed by atoms with E-state index in [1.807, 2.05) is 30.3 Å². The summed E-state index contributed by atoms with van der Waals surface area (Å²) in [6.45, 7) is 0.300. The first-order valence-corrected chi connectivity index (χ1v) is 8.47. The third-order valence-corrected chi connectivity index (χ3v) is 4.62. The molecule has 0 aliphatic carbocycles. The number of halogens is 1. The highest BCUT2D eigenvalue weighted by atomic mass is 35.5. The monoisotopic (exact) mass is 367 g/mol. The molecule has 1 aromatic carbocycles. The van der Waals surface area contributed by atoms with Crippen LogP contribution in [0.2, 0.25) is 0 Å². The minimum Gasteiger partial charge on any atom is -0.481 e. The first kappa shape index (κ1) is 17.7. The van der Waals surface area contributed by atoms with Gasteiger partial charge in [-0.3, -0.25) is 14.5 Å². The Morgan fingerprint density at radius 2 is 2.04 bits per heavy atom. The molecule has 0 atom stereocenters. The predicted molar refractivity (Wildman–Crippen MR) is 97.1 cm³/mol. The summed E-state index contributed by atoms with van der Waals surface area (Å²) in [5.74, 6) is -1.12. The Morgan fingerprint density at radius 3 is 2.70 bits per heavy atom. The number of hydrogen-bond donors (Lipinski definition) is 1. The largest absolute Gasteiger partial charge is 0.481 e. The maximum absolute atomic E-state index is 12.3. The van der Waals surface area contributed by atoms with Gasteiger partial charge in [0, 0.05) is 18.0 Å². The molecule has 7 heteroatoms. The highest BCUT2D eigenvalue weighted by Gasteiger charge is 2.31. The fourth-order valence-corrected chi connectivity index (χ4v) is 3.56. The van der Waals surface area contributed by atoms with Gasteiger partial charge < -0.3 is 5.11 Å². The van der Waals surface area contributed by atoms with Gasteiger partial charge in [0.2, 0.25) is 0 Å². The standard InChI is InChI=1S/C16H14ClNO3S2/c17-12(9-11-5-2-1-3-6-11)10-13-15(21)18(16(22)23-13)8-4-7-14(19)20/h1-3,5-6,9-10H,4,7-8H2,(H,19,20).